The third kappa shape index (κ3) is 3.96. The Labute approximate surface area is 122 Å². The molecule has 1 atom stereocenters. The van der Waals surface area contributed by atoms with Gasteiger partial charge in [0.05, 0.1) is 5.02 Å². The summed E-state index contributed by atoms with van der Waals surface area (Å²) in [6.07, 6.45) is 2.78. The first-order chi connectivity index (χ1) is 9.66. The maximum Gasteiger partial charge on any atom is 0.261 e. The number of aromatic nitrogens is 1. The Bertz CT molecular complexity index is 575. The second-order valence-electron chi connectivity index (χ2n) is 4.27. The molecule has 5 heteroatoms. The van der Waals surface area contributed by atoms with Crippen molar-refractivity contribution in [1.82, 2.24) is 10.3 Å². The summed E-state index contributed by atoms with van der Waals surface area (Å²) in [6.45, 7) is 2.10. The van der Waals surface area contributed by atoms with Crippen LogP contribution in [0.2, 0.25) is 5.02 Å². The second kappa shape index (κ2) is 6.91. The predicted molar refractivity (Wildman–Crippen MR) is 77.6 cm³/mol. The van der Waals surface area contributed by atoms with Crippen LogP contribution in [0.4, 0.5) is 0 Å². The van der Waals surface area contributed by atoms with Crippen molar-refractivity contribution in [3.05, 3.63) is 59.4 Å². The van der Waals surface area contributed by atoms with Crippen molar-refractivity contribution in [2.75, 3.05) is 0 Å². The van der Waals surface area contributed by atoms with Gasteiger partial charge in [-0.05, 0) is 30.7 Å². The normalized spacial score (nSPS) is 11.7. The van der Waals surface area contributed by atoms with Gasteiger partial charge in [0, 0.05) is 18.9 Å². The molecule has 0 bridgehead atoms. The maximum atomic E-state index is 11.9. The molecule has 1 amide bonds. The average molecular weight is 291 g/mol. The fourth-order valence-corrected chi connectivity index (χ4v) is 1.80. The van der Waals surface area contributed by atoms with Crippen molar-refractivity contribution >= 4 is 17.5 Å². The van der Waals surface area contributed by atoms with Crippen LogP contribution in [0.15, 0.2) is 48.8 Å². The average Bonchev–Trinajstić information content (AvgIpc) is 2.48. The topological polar surface area (TPSA) is 51.2 Å². The fraction of sp³-hybridized carbons (Fsp3) is 0.200. The lowest BCUT2D eigenvalue weighted by Gasteiger charge is -2.15. The summed E-state index contributed by atoms with van der Waals surface area (Å²) in [5, 5.41) is 3.28. The molecule has 0 saturated carbocycles. The van der Waals surface area contributed by atoms with Gasteiger partial charge >= 0.3 is 0 Å². The third-order valence-electron chi connectivity index (χ3n) is 2.70. The van der Waals surface area contributed by atoms with Crippen molar-refractivity contribution in [3.63, 3.8) is 0 Å². The lowest BCUT2D eigenvalue weighted by molar-refractivity contribution is -0.127. The van der Waals surface area contributed by atoms with Crippen LogP contribution < -0.4 is 10.1 Å². The van der Waals surface area contributed by atoms with Crippen LogP contribution in [0.25, 0.3) is 0 Å². The molecular weight excluding hydrogens is 276 g/mol. The molecule has 1 N–H and O–H groups in total. The highest BCUT2D eigenvalue weighted by Gasteiger charge is 2.15. The van der Waals surface area contributed by atoms with Gasteiger partial charge in [-0.3, -0.25) is 9.78 Å². The number of ether oxygens (including phenoxy) is 1. The third-order valence-corrected chi connectivity index (χ3v) is 3.01. The molecule has 0 saturated heterocycles. The molecule has 1 heterocycles. The molecule has 0 aliphatic heterocycles. The summed E-state index contributed by atoms with van der Waals surface area (Å²) < 4.78 is 5.54. The Morgan fingerprint density at radius 2 is 2.15 bits per heavy atom. The molecular formula is C15H15ClN2O2. The highest BCUT2D eigenvalue weighted by molar-refractivity contribution is 6.32. The number of para-hydroxylation sites is 1. The number of amides is 1. The number of nitrogens with one attached hydrogen (secondary N) is 1. The molecule has 0 aliphatic carbocycles. The Morgan fingerprint density at radius 3 is 2.85 bits per heavy atom. The zero-order chi connectivity index (χ0) is 14.4. The van der Waals surface area contributed by atoms with E-state index in [1.807, 2.05) is 24.3 Å². The number of benzene rings is 1. The largest absolute Gasteiger partial charge is 0.479 e. The van der Waals surface area contributed by atoms with Crippen LogP contribution in [0.3, 0.4) is 0 Å². The van der Waals surface area contributed by atoms with Crippen LogP contribution in [0, 0.1) is 0 Å². The molecule has 4 nitrogen and oxygen atoms in total. The van der Waals surface area contributed by atoms with E-state index in [0.717, 1.165) is 5.56 Å². The highest BCUT2D eigenvalue weighted by Crippen LogP contribution is 2.24. The van der Waals surface area contributed by atoms with Gasteiger partial charge in [-0.15, -0.1) is 0 Å². The van der Waals surface area contributed by atoms with Crippen LogP contribution in [-0.4, -0.2) is 17.0 Å². The first-order valence-corrected chi connectivity index (χ1v) is 6.62. The number of hydrogen-bond donors (Lipinski definition) is 1. The number of halogens is 1. The minimum absolute atomic E-state index is 0.200. The van der Waals surface area contributed by atoms with Crippen LogP contribution in [0.5, 0.6) is 5.75 Å². The van der Waals surface area contributed by atoms with E-state index in [-0.39, 0.29) is 5.91 Å². The molecule has 1 aromatic carbocycles. The first-order valence-electron chi connectivity index (χ1n) is 6.24. The van der Waals surface area contributed by atoms with Gasteiger partial charge in [0.2, 0.25) is 0 Å². The first kappa shape index (κ1) is 14.3. The van der Waals surface area contributed by atoms with Crippen molar-refractivity contribution in [2.24, 2.45) is 0 Å². The summed E-state index contributed by atoms with van der Waals surface area (Å²) >= 11 is 5.98. The molecule has 104 valence electrons. The lowest BCUT2D eigenvalue weighted by Crippen LogP contribution is -2.35. The van der Waals surface area contributed by atoms with Gasteiger partial charge in [0.1, 0.15) is 5.75 Å². The van der Waals surface area contributed by atoms with E-state index in [0.29, 0.717) is 17.3 Å². The van der Waals surface area contributed by atoms with Gasteiger partial charge in [-0.2, -0.15) is 0 Å². The molecule has 0 radical (unpaired) electrons. The van der Waals surface area contributed by atoms with E-state index in [9.17, 15) is 4.79 Å². The number of carbonyl (C=O) groups is 1. The van der Waals surface area contributed by atoms with E-state index in [1.54, 1.807) is 31.5 Å². The minimum atomic E-state index is -0.619. The standard InChI is InChI=1S/C15H15ClN2O2/c1-11(20-14-7-3-2-6-13(14)16)15(19)18-10-12-5-4-8-17-9-12/h2-9,11H,10H2,1H3,(H,18,19)/t11-/m0/s1. The second-order valence-corrected chi connectivity index (χ2v) is 4.68. The smallest absolute Gasteiger partial charge is 0.261 e. The summed E-state index contributed by atoms with van der Waals surface area (Å²) in [5.74, 6) is 0.298. The summed E-state index contributed by atoms with van der Waals surface area (Å²) in [5.41, 5.74) is 0.936. The molecule has 0 aliphatic rings. The Kier molecular flexibility index (Phi) is 4.96. The number of hydrogen-bond acceptors (Lipinski definition) is 3. The van der Waals surface area contributed by atoms with Gasteiger partial charge in [0.25, 0.3) is 5.91 Å². The SMILES string of the molecule is C[C@H](Oc1ccccc1Cl)C(=O)NCc1cccnc1. The van der Waals surface area contributed by atoms with Gasteiger partial charge < -0.3 is 10.1 Å². The number of rotatable bonds is 5. The number of pyridine rings is 1. The molecule has 0 spiro atoms. The van der Waals surface area contributed by atoms with E-state index >= 15 is 0 Å². The molecule has 0 unspecified atom stereocenters. The van der Waals surface area contributed by atoms with Crippen molar-refractivity contribution in [3.8, 4) is 5.75 Å². The Hall–Kier alpha value is -2.07. The number of nitrogens with zero attached hydrogens (tertiary/aromatic N) is 1. The molecule has 1 aromatic heterocycles. The predicted octanol–water partition coefficient (Wildman–Crippen LogP) is 2.82. The van der Waals surface area contributed by atoms with Crippen molar-refractivity contribution in [2.45, 2.75) is 19.6 Å². The summed E-state index contributed by atoms with van der Waals surface area (Å²) in [4.78, 5) is 15.9. The number of carbonyl (C=O) groups excluding carboxylic acids is 1. The van der Waals surface area contributed by atoms with E-state index in [1.165, 1.54) is 0 Å². The van der Waals surface area contributed by atoms with Crippen molar-refractivity contribution < 1.29 is 9.53 Å². The lowest BCUT2D eigenvalue weighted by atomic mass is 10.2. The molecule has 2 aromatic rings. The summed E-state index contributed by atoms with van der Waals surface area (Å²) in [6, 6.07) is 10.8. The van der Waals surface area contributed by atoms with Crippen LogP contribution >= 0.6 is 11.6 Å². The Morgan fingerprint density at radius 1 is 1.35 bits per heavy atom. The maximum absolute atomic E-state index is 11.9. The van der Waals surface area contributed by atoms with Crippen LogP contribution in [-0.2, 0) is 11.3 Å². The molecule has 2 rings (SSSR count). The molecule has 0 fully saturated rings. The van der Waals surface area contributed by atoms with Crippen LogP contribution in [0.1, 0.15) is 12.5 Å². The Balaban J connectivity index is 1.88. The van der Waals surface area contributed by atoms with Crippen molar-refractivity contribution in [1.29, 1.82) is 0 Å². The fourth-order valence-electron chi connectivity index (χ4n) is 1.62. The zero-order valence-corrected chi connectivity index (χ0v) is 11.8. The minimum Gasteiger partial charge on any atom is -0.479 e. The monoisotopic (exact) mass is 290 g/mol. The molecule has 20 heavy (non-hydrogen) atoms. The summed E-state index contributed by atoms with van der Waals surface area (Å²) in [7, 11) is 0. The van der Waals surface area contributed by atoms with Gasteiger partial charge in [-0.25, -0.2) is 0 Å². The van der Waals surface area contributed by atoms with Gasteiger partial charge in [0.15, 0.2) is 6.10 Å². The highest BCUT2D eigenvalue weighted by atomic mass is 35.5. The van der Waals surface area contributed by atoms with E-state index in [4.69, 9.17) is 16.3 Å². The van der Waals surface area contributed by atoms with E-state index in [2.05, 4.69) is 10.3 Å². The quantitative estimate of drug-likeness (QED) is 0.921. The zero-order valence-electron chi connectivity index (χ0n) is 11.0. The van der Waals surface area contributed by atoms with E-state index < -0.39 is 6.10 Å². The van der Waals surface area contributed by atoms with Gasteiger partial charge in [-0.1, -0.05) is 29.8 Å².